The molecule has 0 unspecified atom stereocenters. The standard InChI is InChI=1S/C12H8BrN5O3S/c1-5-2-3-22-8(5)11-18-17-10(21-11)7-9(16-12(19)20)14-4-6(13)15-7/h2-4H,1H3,(H,14,16)(H,19,20). The van der Waals surface area contributed by atoms with Gasteiger partial charge in [-0.2, -0.15) is 0 Å². The molecule has 0 atom stereocenters. The van der Waals surface area contributed by atoms with Crippen LogP contribution in [0.15, 0.2) is 26.7 Å². The number of thiophene rings is 1. The quantitative estimate of drug-likeness (QED) is 0.713. The van der Waals surface area contributed by atoms with Gasteiger partial charge in [-0.1, -0.05) is 0 Å². The highest BCUT2D eigenvalue weighted by Crippen LogP contribution is 2.31. The van der Waals surface area contributed by atoms with E-state index >= 15 is 0 Å². The Morgan fingerprint density at radius 2 is 2.18 bits per heavy atom. The molecule has 8 nitrogen and oxygen atoms in total. The van der Waals surface area contributed by atoms with Crippen molar-refractivity contribution in [3.05, 3.63) is 27.8 Å². The van der Waals surface area contributed by atoms with Gasteiger partial charge in [-0.05, 0) is 39.9 Å². The van der Waals surface area contributed by atoms with Crippen molar-refractivity contribution < 1.29 is 14.3 Å². The Kier molecular flexibility index (Phi) is 3.86. The zero-order valence-electron chi connectivity index (χ0n) is 11.1. The lowest BCUT2D eigenvalue weighted by Crippen LogP contribution is -2.10. The number of anilines is 1. The van der Waals surface area contributed by atoms with Gasteiger partial charge in [0.25, 0.3) is 11.8 Å². The van der Waals surface area contributed by atoms with E-state index in [0.717, 1.165) is 10.4 Å². The fraction of sp³-hybridized carbons (Fsp3) is 0.0833. The lowest BCUT2D eigenvalue weighted by Gasteiger charge is -2.03. The van der Waals surface area contributed by atoms with Gasteiger partial charge in [0.15, 0.2) is 11.5 Å². The molecule has 0 radical (unpaired) electrons. The first-order valence-electron chi connectivity index (χ1n) is 5.95. The Morgan fingerprint density at radius 1 is 1.41 bits per heavy atom. The molecule has 0 aromatic carbocycles. The molecule has 10 heteroatoms. The lowest BCUT2D eigenvalue weighted by atomic mass is 10.3. The number of nitrogens with zero attached hydrogens (tertiary/aromatic N) is 4. The van der Waals surface area contributed by atoms with E-state index in [1.54, 1.807) is 0 Å². The summed E-state index contributed by atoms with van der Waals surface area (Å²) in [6.07, 6.45) is 0.113. The molecule has 3 heterocycles. The molecular weight excluding hydrogens is 374 g/mol. The Hall–Kier alpha value is -2.33. The summed E-state index contributed by atoms with van der Waals surface area (Å²) in [5, 5.41) is 20.8. The highest BCUT2D eigenvalue weighted by Gasteiger charge is 2.19. The van der Waals surface area contributed by atoms with Gasteiger partial charge in [0.1, 0.15) is 4.60 Å². The van der Waals surface area contributed by atoms with Crippen LogP contribution in [-0.2, 0) is 0 Å². The number of rotatable bonds is 3. The summed E-state index contributed by atoms with van der Waals surface area (Å²) in [5.74, 6) is 0.458. The topological polar surface area (TPSA) is 114 Å². The van der Waals surface area contributed by atoms with Crippen LogP contribution in [0.3, 0.4) is 0 Å². The lowest BCUT2D eigenvalue weighted by molar-refractivity contribution is 0.209. The number of hydrogen-bond acceptors (Lipinski definition) is 7. The molecule has 3 aromatic heterocycles. The van der Waals surface area contributed by atoms with E-state index in [4.69, 9.17) is 9.52 Å². The molecule has 1 amide bonds. The minimum absolute atomic E-state index is 0.0220. The summed E-state index contributed by atoms with van der Waals surface area (Å²) in [6.45, 7) is 1.94. The third-order valence-corrected chi connectivity index (χ3v) is 4.04. The largest absolute Gasteiger partial charge is 0.465 e. The highest BCUT2D eigenvalue weighted by molar-refractivity contribution is 9.10. The zero-order valence-corrected chi connectivity index (χ0v) is 13.5. The van der Waals surface area contributed by atoms with Crippen molar-refractivity contribution in [3.63, 3.8) is 0 Å². The molecule has 112 valence electrons. The maximum absolute atomic E-state index is 10.8. The first kappa shape index (κ1) is 14.6. The molecule has 0 bridgehead atoms. The number of halogens is 1. The zero-order chi connectivity index (χ0) is 15.7. The molecule has 0 saturated heterocycles. The third kappa shape index (κ3) is 2.83. The highest BCUT2D eigenvalue weighted by atomic mass is 79.9. The van der Waals surface area contributed by atoms with Crippen LogP contribution in [0.2, 0.25) is 0 Å². The van der Waals surface area contributed by atoms with Crippen molar-refractivity contribution in [3.8, 4) is 22.4 Å². The van der Waals surface area contributed by atoms with Crippen LogP contribution in [0.1, 0.15) is 5.56 Å². The number of carbonyl (C=O) groups is 1. The number of nitrogens with one attached hydrogen (secondary N) is 1. The predicted molar refractivity (Wildman–Crippen MR) is 82.7 cm³/mol. The van der Waals surface area contributed by atoms with Gasteiger partial charge in [0.2, 0.25) is 0 Å². The molecule has 3 aromatic rings. The van der Waals surface area contributed by atoms with Crippen molar-refractivity contribution >= 4 is 39.2 Å². The maximum atomic E-state index is 10.8. The second-order valence-electron chi connectivity index (χ2n) is 4.17. The van der Waals surface area contributed by atoms with Gasteiger partial charge >= 0.3 is 6.09 Å². The molecule has 0 aliphatic heterocycles. The van der Waals surface area contributed by atoms with Gasteiger partial charge in [0, 0.05) is 0 Å². The summed E-state index contributed by atoms with van der Waals surface area (Å²) in [4.78, 5) is 19.8. The molecule has 0 saturated carbocycles. The molecule has 0 aliphatic rings. The Balaban J connectivity index is 2.05. The van der Waals surface area contributed by atoms with Crippen molar-refractivity contribution in [2.24, 2.45) is 0 Å². The van der Waals surface area contributed by atoms with E-state index in [2.05, 4.69) is 41.4 Å². The van der Waals surface area contributed by atoms with E-state index in [-0.39, 0.29) is 17.4 Å². The van der Waals surface area contributed by atoms with E-state index in [1.807, 2.05) is 18.4 Å². The van der Waals surface area contributed by atoms with Crippen LogP contribution in [0.5, 0.6) is 0 Å². The summed E-state index contributed by atoms with van der Waals surface area (Å²) in [5.41, 5.74) is 1.18. The van der Waals surface area contributed by atoms with Crippen LogP contribution in [0.25, 0.3) is 22.4 Å². The second kappa shape index (κ2) is 5.81. The second-order valence-corrected chi connectivity index (χ2v) is 5.89. The Labute approximate surface area is 136 Å². The normalized spacial score (nSPS) is 10.6. The SMILES string of the molecule is Cc1ccsc1-c1nnc(-c2nc(Br)cnc2NC(=O)O)o1. The average Bonchev–Trinajstić information content (AvgIpc) is 3.08. The van der Waals surface area contributed by atoms with E-state index in [9.17, 15) is 4.79 Å². The smallest absolute Gasteiger partial charge is 0.410 e. The van der Waals surface area contributed by atoms with Gasteiger partial charge in [0.05, 0.1) is 11.1 Å². The molecular formula is C12H8BrN5O3S. The molecule has 0 fully saturated rings. The number of carboxylic acid groups (broad SMARTS) is 1. The van der Waals surface area contributed by atoms with Crippen LogP contribution in [-0.4, -0.2) is 31.4 Å². The van der Waals surface area contributed by atoms with Crippen LogP contribution in [0, 0.1) is 6.92 Å². The van der Waals surface area contributed by atoms with Crippen molar-refractivity contribution in [1.82, 2.24) is 20.2 Å². The molecule has 2 N–H and O–H groups in total. The van der Waals surface area contributed by atoms with Gasteiger partial charge in [-0.15, -0.1) is 21.5 Å². The van der Waals surface area contributed by atoms with E-state index < -0.39 is 6.09 Å². The van der Waals surface area contributed by atoms with Crippen molar-refractivity contribution in [1.29, 1.82) is 0 Å². The summed E-state index contributed by atoms with van der Waals surface area (Å²) < 4.78 is 6.03. The van der Waals surface area contributed by atoms with E-state index in [1.165, 1.54) is 17.5 Å². The monoisotopic (exact) mass is 381 g/mol. The maximum Gasteiger partial charge on any atom is 0.410 e. The predicted octanol–water partition coefficient (Wildman–Crippen LogP) is 3.42. The summed E-state index contributed by atoms with van der Waals surface area (Å²) >= 11 is 4.66. The summed E-state index contributed by atoms with van der Waals surface area (Å²) in [7, 11) is 0. The first-order chi connectivity index (χ1) is 10.5. The molecule has 0 aliphatic carbocycles. The molecule has 22 heavy (non-hydrogen) atoms. The number of aromatic nitrogens is 4. The number of aryl methyl sites for hydroxylation is 1. The number of amides is 1. The third-order valence-electron chi connectivity index (χ3n) is 2.65. The van der Waals surface area contributed by atoms with Crippen molar-refractivity contribution in [2.45, 2.75) is 6.92 Å². The Morgan fingerprint density at radius 3 is 2.86 bits per heavy atom. The fourth-order valence-corrected chi connectivity index (χ4v) is 2.84. The van der Waals surface area contributed by atoms with E-state index in [0.29, 0.717) is 10.5 Å². The van der Waals surface area contributed by atoms with Crippen LogP contribution >= 0.6 is 27.3 Å². The van der Waals surface area contributed by atoms with Gasteiger partial charge in [-0.25, -0.2) is 14.8 Å². The van der Waals surface area contributed by atoms with Crippen LogP contribution in [0.4, 0.5) is 10.6 Å². The Bertz CT molecular complexity index is 847. The molecule has 3 rings (SSSR count). The average molecular weight is 382 g/mol. The van der Waals surface area contributed by atoms with Crippen molar-refractivity contribution in [2.75, 3.05) is 5.32 Å². The van der Waals surface area contributed by atoms with Gasteiger partial charge in [-0.3, -0.25) is 5.32 Å². The van der Waals surface area contributed by atoms with Gasteiger partial charge < -0.3 is 9.52 Å². The minimum atomic E-state index is -1.26. The minimum Gasteiger partial charge on any atom is -0.465 e. The summed E-state index contributed by atoms with van der Waals surface area (Å²) in [6, 6.07) is 1.94. The first-order valence-corrected chi connectivity index (χ1v) is 7.62. The molecule has 0 spiro atoms. The number of hydrogen-bond donors (Lipinski definition) is 2. The fourth-order valence-electron chi connectivity index (χ4n) is 1.71. The van der Waals surface area contributed by atoms with Crippen LogP contribution < -0.4 is 5.32 Å².